The summed E-state index contributed by atoms with van der Waals surface area (Å²) in [7, 11) is 0. The second-order valence-electron chi connectivity index (χ2n) is 3.97. The number of rotatable bonds is 6. The molecule has 5 nitrogen and oxygen atoms in total. The van der Waals surface area contributed by atoms with E-state index in [0.29, 0.717) is 13.1 Å². The van der Waals surface area contributed by atoms with Crippen molar-refractivity contribution < 1.29 is 4.79 Å². The van der Waals surface area contributed by atoms with Crippen LogP contribution in [0.15, 0.2) is 18.5 Å². The summed E-state index contributed by atoms with van der Waals surface area (Å²) in [4.78, 5) is 11.6. The van der Waals surface area contributed by atoms with Crippen molar-refractivity contribution in [3.63, 3.8) is 0 Å². The van der Waals surface area contributed by atoms with Gasteiger partial charge in [-0.15, -0.1) is 0 Å². The number of nitrogens with two attached hydrogens (primary N) is 1. The summed E-state index contributed by atoms with van der Waals surface area (Å²) in [6, 6.07) is 1.44. The fourth-order valence-corrected chi connectivity index (χ4v) is 1.36. The van der Waals surface area contributed by atoms with Crippen LogP contribution < -0.4 is 11.1 Å². The van der Waals surface area contributed by atoms with E-state index in [2.05, 4.69) is 10.4 Å². The summed E-state index contributed by atoms with van der Waals surface area (Å²) >= 11 is 0. The summed E-state index contributed by atoms with van der Waals surface area (Å²) in [6.07, 6.45) is 4.49. The first-order chi connectivity index (χ1) is 7.65. The maximum Gasteiger partial charge on any atom is 0.237 e. The Labute approximate surface area is 96.0 Å². The van der Waals surface area contributed by atoms with Crippen molar-refractivity contribution in [1.29, 1.82) is 0 Å². The Bertz CT molecular complexity index is 310. The number of carbonyl (C=O) groups is 1. The Morgan fingerprint density at radius 3 is 2.94 bits per heavy atom. The molecule has 0 spiro atoms. The molecular weight excluding hydrogens is 204 g/mol. The Kier molecular flexibility index (Phi) is 4.98. The predicted octanol–water partition coefficient (Wildman–Crippen LogP) is 0.373. The number of aromatic nitrogens is 2. The van der Waals surface area contributed by atoms with E-state index in [1.165, 1.54) is 0 Å². The molecule has 0 aliphatic rings. The molecule has 5 heteroatoms. The monoisotopic (exact) mass is 224 g/mol. The van der Waals surface area contributed by atoms with Gasteiger partial charge in [0.2, 0.25) is 5.91 Å². The minimum Gasteiger partial charge on any atom is -0.353 e. The van der Waals surface area contributed by atoms with Gasteiger partial charge in [0, 0.05) is 18.9 Å². The van der Waals surface area contributed by atoms with Gasteiger partial charge < -0.3 is 11.1 Å². The first kappa shape index (κ1) is 12.7. The Balaban J connectivity index is 2.24. The van der Waals surface area contributed by atoms with Crippen LogP contribution in [-0.4, -0.2) is 28.3 Å². The molecule has 0 aliphatic heterocycles. The number of nitrogens with zero attached hydrogens (tertiary/aromatic N) is 2. The fourth-order valence-electron chi connectivity index (χ4n) is 1.36. The van der Waals surface area contributed by atoms with Crippen molar-refractivity contribution in [3.05, 3.63) is 18.5 Å². The number of amides is 1. The standard InChI is InChI=1S/C11H20N4O/c1-3-9(2)10(12)11(16)13-6-8-15-7-4-5-14-15/h4-5,7,9-10H,3,6,8,12H2,1-2H3,(H,13,16)/t9?,10-/m0/s1. The van der Waals surface area contributed by atoms with Crippen molar-refractivity contribution in [3.8, 4) is 0 Å². The lowest BCUT2D eigenvalue weighted by atomic mass is 9.99. The molecule has 0 saturated heterocycles. The highest BCUT2D eigenvalue weighted by molar-refractivity contribution is 5.81. The Hall–Kier alpha value is -1.36. The summed E-state index contributed by atoms with van der Waals surface area (Å²) < 4.78 is 1.77. The molecule has 0 fully saturated rings. The highest BCUT2D eigenvalue weighted by Crippen LogP contribution is 2.04. The zero-order valence-corrected chi connectivity index (χ0v) is 9.89. The minimum atomic E-state index is -0.414. The highest BCUT2D eigenvalue weighted by Gasteiger charge is 2.18. The first-order valence-corrected chi connectivity index (χ1v) is 5.66. The van der Waals surface area contributed by atoms with Crippen molar-refractivity contribution >= 4 is 5.91 Å². The van der Waals surface area contributed by atoms with Crippen molar-refractivity contribution in [1.82, 2.24) is 15.1 Å². The van der Waals surface area contributed by atoms with Crippen LogP contribution >= 0.6 is 0 Å². The maximum absolute atomic E-state index is 11.6. The lowest BCUT2D eigenvalue weighted by Crippen LogP contribution is -2.45. The molecule has 90 valence electrons. The van der Waals surface area contributed by atoms with E-state index in [4.69, 9.17) is 5.73 Å². The molecule has 1 aromatic rings. The van der Waals surface area contributed by atoms with Gasteiger partial charge in [0.1, 0.15) is 0 Å². The SMILES string of the molecule is CCC(C)[C@H](N)C(=O)NCCn1cccn1. The van der Waals surface area contributed by atoms with Gasteiger partial charge in [-0.3, -0.25) is 9.48 Å². The highest BCUT2D eigenvalue weighted by atomic mass is 16.2. The van der Waals surface area contributed by atoms with E-state index in [9.17, 15) is 4.79 Å². The van der Waals surface area contributed by atoms with Crippen LogP contribution in [0, 0.1) is 5.92 Å². The van der Waals surface area contributed by atoms with Gasteiger partial charge in [0.15, 0.2) is 0 Å². The maximum atomic E-state index is 11.6. The van der Waals surface area contributed by atoms with Gasteiger partial charge in [-0.1, -0.05) is 20.3 Å². The zero-order valence-electron chi connectivity index (χ0n) is 9.89. The fraction of sp³-hybridized carbons (Fsp3) is 0.636. The number of hydrogen-bond donors (Lipinski definition) is 2. The molecule has 0 radical (unpaired) electrons. The lowest BCUT2D eigenvalue weighted by molar-refractivity contribution is -0.123. The zero-order chi connectivity index (χ0) is 12.0. The van der Waals surface area contributed by atoms with Crippen LogP contribution in [0.2, 0.25) is 0 Å². The summed E-state index contributed by atoms with van der Waals surface area (Å²) in [6.45, 7) is 5.25. The average Bonchev–Trinajstić information content (AvgIpc) is 2.79. The lowest BCUT2D eigenvalue weighted by Gasteiger charge is -2.17. The molecule has 3 N–H and O–H groups in total. The number of hydrogen-bond acceptors (Lipinski definition) is 3. The van der Waals surface area contributed by atoms with Crippen molar-refractivity contribution in [2.24, 2.45) is 11.7 Å². The van der Waals surface area contributed by atoms with E-state index >= 15 is 0 Å². The molecule has 1 unspecified atom stereocenters. The third-order valence-electron chi connectivity index (χ3n) is 2.76. The van der Waals surface area contributed by atoms with Crippen LogP contribution in [0.3, 0.4) is 0 Å². The van der Waals surface area contributed by atoms with E-state index in [0.717, 1.165) is 6.42 Å². The van der Waals surface area contributed by atoms with Gasteiger partial charge in [0.25, 0.3) is 0 Å². The molecule has 1 aromatic heterocycles. The molecule has 1 rings (SSSR count). The molecule has 2 atom stereocenters. The van der Waals surface area contributed by atoms with Gasteiger partial charge in [-0.25, -0.2) is 0 Å². The summed E-state index contributed by atoms with van der Waals surface area (Å²) in [5.74, 6) is 0.131. The second-order valence-corrected chi connectivity index (χ2v) is 3.97. The van der Waals surface area contributed by atoms with Gasteiger partial charge in [-0.2, -0.15) is 5.10 Å². The molecular formula is C11H20N4O. The van der Waals surface area contributed by atoms with E-state index in [1.807, 2.05) is 26.1 Å². The van der Waals surface area contributed by atoms with Crippen LogP contribution in [0.1, 0.15) is 20.3 Å². The third kappa shape index (κ3) is 3.66. The van der Waals surface area contributed by atoms with E-state index in [1.54, 1.807) is 10.9 Å². The normalized spacial score (nSPS) is 14.4. The van der Waals surface area contributed by atoms with Gasteiger partial charge in [-0.05, 0) is 12.0 Å². The van der Waals surface area contributed by atoms with Crippen LogP contribution in [-0.2, 0) is 11.3 Å². The summed E-state index contributed by atoms with van der Waals surface area (Å²) in [5.41, 5.74) is 5.80. The van der Waals surface area contributed by atoms with Crippen molar-refractivity contribution in [2.75, 3.05) is 6.54 Å². The minimum absolute atomic E-state index is 0.0819. The smallest absolute Gasteiger partial charge is 0.237 e. The molecule has 1 heterocycles. The predicted molar refractivity (Wildman–Crippen MR) is 62.7 cm³/mol. The van der Waals surface area contributed by atoms with Crippen LogP contribution in [0.25, 0.3) is 0 Å². The second kappa shape index (κ2) is 6.27. The average molecular weight is 224 g/mol. The van der Waals surface area contributed by atoms with Crippen molar-refractivity contribution in [2.45, 2.75) is 32.9 Å². The molecule has 0 bridgehead atoms. The van der Waals surface area contributed by atoms with E-state index < -0.39 is 6.04 Å². The first-order valence-electron chi connectivity index (χ1n) is 5.66. The van der Waals surface area contributed by atoms with Gasteiger partial charge >= 0.3 is 0 Å². The quantitative estimate of drug-likeness (QED) is 0.733. The third-order valence-corrected chi connectivity index (χ3v) is 2.76. The topological polar surface area (TPSA) is 72.9 Å². The van der Waals surface area contributed by atoms with Crippen LogP contribution in [0.4, 0.5) is 0 Å². The molecule has 0 aliphatic carbocycles. The Morgan fingerprint density at radius 1 is 1.62 bits per heavy atom. The Morgan fingerprint density at radius 2 is 2.38 bits per heavy atom. The van der Waals surface area contributed by atoms with Gasteiger partial charge in [0.05, 0.1) is 12.6 Å². The largest absolute Gasteiger partial charge is 0.353 e. The molecule has 16 heavy (non-hydrogen) atoms. The molecule has 0 saturated carbocycles. The van der Waals surface area contributed by atoms with E-state index in [-0.39, 0.29) is 11.8 Å². The summed E-state index contributed by atoms with van der Waals surface area (Å²) in [5, 5.41) is 6.85. The molecule has 0 aromatic carbocycles. The number of carbonyl (C=O) groups excluding carboxylic acids is 1. The molecule has 1 amide bonds. The number of nitrogens with one attached hydrogen (secondary N) is 1. The van der Waals surface area contributed by atoms with Crippen LogP contribution in [0.5, 0.6) is 0 Å².